The third kappa shape index (κ3) is 7.66. The highest BCUT2D eigenvalue weighted by atomic mass is 32.2. The fourth-order valence-corrected chi connectivity index (χ4v) is 1.13. The third-order valence-corrected chi connectivity index (χ3v) is 2.03. The zero-order chi connectivity index (χ0) is 8.69. The van der Waals surface area contributed by atoms with Crippen LogP contribution in [0, 0.1) is 0 Å². The smallest absolute Gasteiger partial charge is 0.134 e. The van der Waals surface area contributed by atoms with Crippen molar-refractivity contribution in [2.75, 3.05) is 12.0 Å². The Morgan fingerprint density at radius 2 is 2.00 bits per heavy atom. The van der Waals surface area contributed by atoms with E-state index in [1.165, 1.54) is 0 Å². The van der Waals surface area contributed by atoms with Crippen molar-refractivity contribution < 1.29 is 4.79 Å². The first-order chi connectivity index (χ1) is 5.16. The SMILES string of the molecule is C=C(C)CCC(=O)CCSC. The van der Waals surface area contributed by atoms with Gasteiger partial charge >= 0.3 is 0 Å². The van der Waals surface area contributed by atoms with Gasteiger partial charge in [-0.1, -0.05) is 5.57 Å². The average Bonchev–Trinajstić information content (AvgIpc) is 1.97. The van der Waals surface area contributed by atoms with Crippen molar-refractivity contribution in [3.63, 3.8) is 0 Å². The van der Waals surface area contributed by atoms with Crippen molar-refractivity contribution in [3.8, 4) is 0 Å². The molecule has 0 aromatic carbocycles. The van der Waals surface area contributed by atoms with Crippen LogP contribution in [-0.4, -0.2) is 17.8 Å². The Labute approximate surface area is 73.3 Å². The first kappa shape index (κ1) is 10.8. The lowest BCUT2D eigenvalue weighted by molar-refractivity contribution is -0.118. The summed E-state index contributed by atoms with van der Waals surface area (Å²) in [4.78, 5) is 11.1. The Hall–Kier alpha value is -0.240. The molecule has 0 aliphatic heterocycles. The van der Waals surface area contributed by atoms with Gasteiger partial charge in [0.1, 0.15) is 5.78 Å². The Balaban J connectivity index is 3.30. The first-order valence-electron chi connectivity index (χ1n) is 3.82. The molecular formula is C9H16OS. The number of ketones is 1. The molecule has 0 N–H and O–H groups in total. The van der Waals surface area contributed by atoms with Crippen LogP contribution in [-0.2, 0) is 4.79 Å². The fourth-order valence-electron chi connectivity index (χ4n) is 0.694. The highest BCUT2D eigenvalue weighted by molar-refractivity contribution is 7.98. The van der Waals surface area contributed by atoms with Gasteiger partial charge in [0.15, 0.2) is 0 Å². The lowest BCUT2D eigenvalue weighted by atomic mass is 10.1. The molecule has 1 nitrogen and oxygen atoms in total. The average molecular weight is 172 g/mol. The summed E-state index contributed by atoms with van der Waals surface area (Å²) in [5.41, 5.74) is 1.10. The van der Waals surface area contributed by atoms with E-state index in [1.54, 1.807) is 11.8 Å². The van der Waals surface area contributed by atoms with Crippen molar-refractivity contribution in [3.05, 3.63) is 12.2 Å². The van der Waals surface area contributed by atoms with Crippen LogP contribution in [0.5, 0.6) is 0 Å². The van der Waals surface area contributed by atoms with Gasteiger partial charge < -0.3 is 0 Å². The van der Waals surface area contributed by atoms with Crippen molar-refractivity contribution in [1.82, 2.24) is 0 Å². The standard InChI is InChI=1S/C9H16OS/c1-8(2)4-5-9(10)6-7-11-3/h1,4-7H2,2-3H3. The second kappa shape index (κ2) is 6.47. The maximum absolute atomic E-state index is 11.1. The van der Waals surface area contributed by atoms with Crippen LogP contribution in [0.15, 0.2) is 12.2 Å². The number of rotatable bonds is 6. The molecule has 0 aromatic rings. The minimum Gasteiger partial charge on any atom is -0.300 e. The van der Waals surface area contributed by atoms with Crippen LogP contribution in [0.2, 0.25) is 0 Å². The molecule has 0 unspecified atom stereocenters. The van der Waals surface area contributed by atoms with E-state index in [9.17, 15) is 4.79 Å². The van der Waals surface area contributed by atoms with E-state index in [0.717, 1.165) is 17.7 Å². The fraction of sp³-hybridized carbons (Fsp3) is 0.667. The highest BCUT2D eigenvalue weighted by Crippen LogP contribution is 2.05. The minimum absolute atomic E-state index is 0.363. The van der Waals surface area contributed by atoms with Crippen molar-refractivity contribution in [1.29, 1.82) is 0 Å². The second-order valence-corrected chi connectivity index (χ2v) is 3.72. The molecular weight excluding hydrogens is 156 g/mol. The summed E-state index contributed by atoms with van der Waals surface area (Å²) in [6.45, 7) is 5.71. The molecule has 0 fully saturated rings. The minimum atomic E-state index is 0.363. The number of thioether (sulfide) groups is 1. The molecule has 0 heterocycles. The summed E-state index contributed by atoms with van der Waals surface area (Å²) in [7, 11) is 0. The maximum atomic E-state index is 11.1. The molecule has 0 aliphatic carbocycles. The monoisotopic (exact) mass is 172 g/mol. The quantitative estimate of drug-likeness (QED) is 0.573. The molecule has 0 spiro atoms. The Bertz CT molecular complexity index is 140. The zero-order valence-electron chi connectivity index (χ0n) is 7.35. The zero-order valence-corrected chi connectivity index (χ0v) is 8.17. The van der Waals surface area contributed by atoms with Crippen LogP contribution in [0.25, 0.3) is 0 Å². The number of carbonyl (C=O) groups is 1. The summed E-state index contributed by atoms with van der Waals surface area (Å²) in [6, 6.07) is 0. The largest absolute Gasteiger partial charge is 0.300 e. The van der Waals surface area contributed by atoms with Gasteiger partial charge in [0.25, 0.3) is 0 Å². The normalized spacial score (nSPS) is 9.64. The van der Waals surface area contributed by atoms with E-state index in [2.05, 4.69) is 6.58 Å². The van der Waals surface area contributed by atoms with E-state index in [1.807, 2.05) is 13.2 Å². The molecule has 0 atom stereocenters. The summed E-state index contributed by atoms with van der Waals surface area (Å²) >= 11 is 1.72. The van der Waals surface area contributed by atoms with E-state index in [-0.39, 0.29) is 0 Å². The number of carbonyl (C=O) groups excluding carboxylic acids is 1. The molecule has 0 aromatic heterocycles. The molecule has 0 rings (SSSR count). The third-order valence-electron chi connectivity index (χ3n) is 1.42. The Morgan fingerprint density at radius 3 is 2.45 bits per heavy atom. The molecule has 0 amide bonds. The van der Waals surface area contributed by atoms with Gasteiger partial charge in [-0.25, -0.2) is 0 Å². The molecule has 0 saturated heterocycles. The van der Waals surface area contributed by atoms with Crippen LogP contribution in [0.1, 0.15) is 26.2 Å². The number of hydrogen-bond acceptors (Lipinski definition) is 2. The van der Waals surface area contributed by atoms with Crippen LogP contribution in [0.3, 0.4) is 0 Å². The van der Waals surface area contributed by atoms with Crippen LogP contribution >= 0.6 is 11.8 Å². The maximum Gasteiger partial charge on any atom is 0.134 e. The van der Waals surface area contributed by atoms with Gasteiger partial charge in [0.05, 0.1) is 0 Å². The molecule has 0 aliphatic rings. The summed E-state index contributed by atoms with van der Waals surface area (Å²) in [5.74, 6) is 1.32. The lowest BCUT2D eigenvalue weighted by Gasteiger charge is -1.98. The number of Topliss-reactive ketones (excluding diaryl/α,β-unsaturated/α-hetero) is 1. The topological polar surface area (TPSA) is 17.1 Å². The van der Waals surface area contributed by atoms with Gasteiger partial charge in [0, 0.05) is 12.8 Å². The summed E-state index contributed by atoms with van der Waals surface area (Å²) < 4.78 is 0. The predicted octanol–water partition coefficient (Wildman–Crippen LogP) is 2.66. The van der Waals surface area contributed by atoms with E-state index in [0.29, 0.717) is 18.6 Å². The van der Waals surface area contributed by atoms with Crippen molar-refractivity contribution >= 4 is 17.5 Å². The summed E-state index contributed by atoms with van der Waals surface area (Å²) in [5, 5.41) is 0. The summed E-state index contributed by atoms with van der Waals surface area (Å²) in [6.07, 6.45) is 4.27. The van der Waals surface area contributed by atoms with Gasteiger partial charge in [-0.15, -0.1) is 6.58 Å². The van der Waals surface area contributed by atoms with Gasteiger partial charge in [-0.05, 0) is 25.4 Å². The molecule has 0 radical (unpaired) electrons. The molecule has 64 valence electrons. The van der Waals surface area contributed by atoms with E-state index in [4.69, 9.17) is 0 Å². The first-order valence-corrected chi connectivity index (χ1v) is 5.21. The van der Waals surface area contributed by atoms with Gasteiger partial charge in [-0.2, -0.15) is 11.8 Å². The van der Waals surface area contributed by atoms with Gasteiger partial charge in [-0.3, -0.25) is 4.79 Å². The number of hydrogen-bond donors (Lipinski definition) is 0. The molecule has 0 saturated carbocycles. The molecule has 11 heavy (non-hydrogen) atoms. The Morgan fingerprint density at radius 1 is 1.36 bits per heavy atom. The second-order valence-electron chi connectivity index (χ2n) is 2.74. The van der Waals surface area contributed by atoms with Crippen molar-refractivity contribution in [2.45, 2.75) is 26.2 Å². The van der Waals surface area contributed by atoms with Crippen molar-refractivity contribution in [2.24, 2.45) is 0 Å². The van der Waals surface area contributed by atoms with Crippen LogP contribution < -0.4 is 0 Å². The van der Waals surface area contributed by atoms with E-state index >= 15 is 0 Å². The van der Waals surface area contributed by atoms with Gasteiger partial charge in [0.2, 0.25) is 0 Å². The lowest BCUT2D eigenvalue weighted by Crippen LogP contribution is -1.98. The Kier molecular flexibility index (Phi) is 6.33. The predicted molar refractivity (Wildman–Crippen MR) is 52.1 cm³/mol. The van der Waals surface area contributed by atoms with E-state index < -0.39 is 0 Å². The highest BCUT2D eigenvalue weighted by Gasteiger charge is 2.00. The number of allylic oxidation sites excluding steroid dienone is 1. The molecule has 2 heteroatoms. The van der Waals surface area contributed by atoms with Crippen LogP contribution in [0.4, 0.5) is 0 Å². The molecule has 0 bridgehead atoms.